The molecule has 3 heterocycles. The molecule has 0 amide bonds. The van der Waals surface area contributed by atoms with Crippen LogP contribution in [0.2, 0.25) is 0 Å². The van der Waals surface area contributed by atoms with E-state index in [0.717, 1.165) is 28.2 Å². The van der Waals surface area contributed by atoms with Gasteiger partial charge >= 0.3 is 0 Å². The summed E-state index contributed by atoms with van der Waals surface area (Å²) < 4.78 is 2.08. The molecular weight excluding hydrogens is 404 g/mol. The Kier molecular flexibility index (Phi) is 5.01. The standard InChI is InChI=1S/C24H18N6O2/c31-18-8-9-19(23(32)14-18)29-28-16-7-10-22-21(13-16)27-24(20-6-2-4-12-26-20)30(22)15-17-5-1-3-11-25-17/h1-14,31-32H,15H2. The number of hydrogen-bond donors (Lipinski definition) is 2. The van der Waals surface area contributed by atoms with Gasteiger partial charge < -0.3 is 14.8 Å². The number of aromatic hydroxyl groups is 2. The minimum absolute atomic E-state index is 0.0385. The molecule has 0 atom stereocenters. The van der Waals surface area contributed by atoms with E-state index in [4.69, 9.17) is 4.98 Å². The number of rotatable bonds is 5. The molecule has 0 saturated heterocycles. The number of hydrogen-bond acceptors (Lipinski definition) is 7. The first-order chi connectivity index (χ1) is 15.7. The van der Waals surface area contributed by atoms with Crippen LogP contribution >= 0.6 is 0 Å². The van der Waals surface area contributed by atoms with Gasteiger partial charge in [0.05, 0.1) is 29.0 Å². The van der Waals surface area contributed by atoms with Crippen molar-refractivity contribution in [1.82, 2.24) is 19.5 Å². The van der Waals surface area contributed by atoms with E-state index in [1.807, 2.05) is 54.6 Å². The van der Waals surface area contributed by atoms with Crippen molar-refractivity contribution in [2.24, 2.45) is 10.2 Å². The molecule has 32 heavy (non-hydrogen) atoms. The summed E-state index contributed by atoms with van der Waals surface area (Å²) in [5, 5.41) is 27.6. The van der Waals surface area contributed by atoms with Gasteiger partial charge in [0.2, 0.25) is 0 Å². The maximum absolute atomic E-state index is 9.90. The number of imidazole rings is 1. The molecule has 0 spiro atoms. The molecule has 0 aliphatic carbocycles. The van der Waals surface area contributed by atoms with Gasteiger partial charge in [-0.3, -0.25) is 9.97 Å². The summed E-state index contributed by atoms with van der Waals surface area (Å²) in [4.78, 5) is 13.7. The third-order valence-corrected chi connectivity index (χ3v) is 4.90. The van der Waals surface area contributed by atoms with Gasteiger partial charge in [0.1, 0.15) is 22.9 Å². The minimum Gasteiger partial charge on any atom is -0.508 e. The lowest BCUT2D eigenvalue weighted by atomic mass is 10.2. The lowest BCUT2D eigenvalue weighted by Crippen LogP contribution is -2.04. The Morgan fingerprint density at radius 1 is 0.812 bits per heavy atom. The van der Waals surface area contributed by atoms with Crippen LogP contribution in [-0.4, -0.2) is 29.7 Å². The Morgan fingerprint density at radius 2 is 1.66 bits per heavy atom. The van der Waals surface area contributed by atoms with Crippen LogP contribution < -0.4 is 0 Å². The molecule has 0 unspecified atom stereocenters. The lowest BCUT2D eigenvalue weighted by Gasteiger charge is -2.08. The van der Waals surface area contributed by atoms with Crippen LogP contribution in [0.5, 0.6) is 11.5 Å². The van der Waals surface area contributed by atoms with Crippen LogP contribution in [-0.2, 0) is 6.54 Å². The average Bonchev–Trinajstić information content (AvgIpc) is 3.17. The van der Waals surface area contributed by atoms with E-state index in [1.54, 1.807) is 12.4 Å². The summed E-state index contributed by atoms with van der Waals surface area (Å²) in [6.45, 7) is 0.547. The highest BCUT2D eigenvalue weighted by Gasteiger charge is 2.15. The number of nitrogens with zero attached hydrogens (tertiary/aromatic N) is 6. The second-order valence-corrected chi connectivity index (χ2v) is 7.10. The molecule has 2 aromatic carbocycles. The van der Waals surface area contributed by atoms with Gasteiger partial charge in [0, 0.05) is 18.5 Å². The first-order valence-corrected chi connectivity index (χ1v) is 9.93. The maximum atomic E-state index is 9.90. The normalized spacial score (nSPS) is 11.4. The predicted molar refractivity (Wildman–Crippen MR) is 120 cm³/mol. The van der Waals surface area contributed by atoms with E-state index in [2.05, 4.69) is 24.8 Å². The molecule has 2 N–H and O–H groups in total. The number of benzene rings is 2. The van der Waals surface area contributed by atoms with E-state index in [1.165, 1.54) is 18.2 Å². The molecule has 8 nitrogen and oxygen atoms in total. The second kappa shape index (κ2) is 8.27. The SMILES string of the molecule is Oc1ccc(N=Nc2ccc3c(c2)nc(-c2ccccn2)n3Cc2ccccn2)c(O)c1. The number of aromatic nitrogens is 4. The van der Waals surface area contributed by atoms with Gasteiger partial charge in [-0.2, -0.15) is 5.11 Å². The zero-order valence-electron chi connectivity index (χ0n) is 16.9. The summed E-state index contributed by atoms with van der Waals surface area (Å²) in [6, 6.07) is 21.3. The Labute approximate surface area is 183 Å². The van der Waals surface area contributed by atoms with E-state index >= 15 is 0 Å². The van der Waals surface area contributed by atoms with Gasteiger partial charge in [-0.25, -0.2) is 4.98 Å². The van der Waals surface area contributed by atoms with Crippen molar-refractivity contribution in [3.05, 3.63) is 90.9 Å². The van der Waals surface area contributed by atoms with Gasteiger partial charge in [0.15, 0.2) is 5.82 Å². The number of azo groups is 1. The van der Waals surface area contributed by atoms with Crippen LogP contribution in [0.25, 0.3) is 22.6 Å². The summed E-state index contributed by atoms with van der Waals surface area (Å²) in [5.41, 5.74) is 4.18. The largest absolute Gasteiger partial charge is 0.508 e. The maximum Gasteiger partial charge on any atom is 0.160 e. The third-order valence-electron chi connectivity index (χ3n) is 4.90. The fourth-order valence-electron chi connectivity index (χ4n) is 3.39. The molecule has 0 aliphatic heterocycles. The monoisotopic (exact) mass is 422 g/mol. The summed E-state index contributed by atoms with van der Waals surface area (Å²) in [5.74, 6) is 0.548. The molecule has 5 aromatic rings. The number of phenols is 2. The highest BCUT2D eigenvalue weighted by molar-refractivity contribution is 5.83. The van der Waals surface area contributed by atoms with Crippen molar-refractivity contribution < 1.29 is 10.2 Å². The Bertz CT molecular complexity index is 1420. The summed E-state index contributed by atoms with van der Waals surface area (Å²) in [7, 11) is 0. The molecule has 8 heteroatoms. The summed E-state index contributed by atoms with van der Waals surface area (Å²) in [6.07, 6.45) is 3.51. The van der Waals surface area contributed by atoms with Crippen molar-refractivity contribution in [3.63, 3.8) is 0 Å². The van der Waals surface area contributed by atoms with Crippen LogP contribution in [0, 0.1) is 0 Å². The molecule has 0 saturated carbocycles. The lowest BCUT2D eigenvalue weighted by molar-refractivity contribution is 0.451. The smallest absolute Gasteiger partial charge is 0.160 e. The third kappa shape index (κ3) is 3.89. The zero-order chi connectivity index (χ0) is 21.9. The predicted octanol–water partition coefficient (Wildman–Crippen LogP) is 5.37. The molecular formula is C24H18N6O2. The van der Waals surface area contributed by atoms with Crippen molar-refractivity contribution >= 4 is 22.4 Å². The van der Waals surface area contributed by atoms with Gasteiger partial charge in [-0.1, -0.05) is 12.1 Å². The topological polar surface area (TPSA) is 109 Å². The first-order valence-electron chi connectivity index (χ1n) is 9.93. The average molecular weight is 422 g/mol. The van der Waals surface area contributed by atoms with Crippen molar-refractivity contribution in [2.45, 2.75) is 6.54 Å². The van der Waals surface area contributed by atoms with E-state index in [-0.39, 0.29) is 17.2 Å². The van der Waals surface area contributed by atoms with Crippen molar-refractivity contribution in [1.29, 1.82) is 0 Å². The van der Waals surface area contributed by atoms with Crippen LogP contribution in [0.4, 0.5) is 11.4 Å². The Hall–Kier alpha value is -4.59. The Balaban J connectivity index is 1.56. The molecule has 0 bridgehead atoms. The molecule has 156 valence electrons. The summed E-state index contributed by atoms with van der Waals surface area (Å²) >= 11 is 0. The second-order valence-electron chi connectivity index (χ2n) is 7.10. The van der Waals surface area contributed by atoms with Crippen LogP contribution in [0.15, 0.2) is 95.4 Å². The van der Waals surface area contributed by atoms with Crippen LogP contribution in [0.1, 0.15) is 5.69 Å². The number of fused-ring (bicyclic) bond motifs is 1. The first kappa shape index (κ1) is 19.4. The molecule has 0 fully saturated rings. The molecule has 0 radical (unpaired) electrons. The van der Waals surface area contributed by atoms with E-state index in [0.29, 0.717) is 12.2 Å². The Morgan fingerprint density at radius 3 is 2.41 bits per heavy atom. The van der Waals surface area contributed by atoms with Crippen LogP contribution in [0.3, 0.4) is 0 Å². The molecule has 0 aliphatic rings. The fraction of sp³-hybridized carbons (Fsp3) is 0.0417. The van der Waals surface area contributed by atoms with Gasteiger partial charge in [-0.05, 0) is 54.6 Å². The number of phenolic OH excluding ortho intramolecular Hbond substituents is 2. The highest BCUT2D eigenvalue weighted by atomic mass is 16.3. The molecule has 5 rings (SSSR count). The van der Waals surface area contributed by atoms with Gasteiger partial charge in [0.25, 0.3) is 0 Å². The number of pyridine rings is 2. The fourth-order valence-corrected chi connectivity index (χ4v) is 3.39. The minimum atomic E-state index is -0.146. The van der Waals surface area contributed by atoms with Gasteiger partial charge in [-0.15, -0.1) is 5.11 Å². The quantitative estimate of drug-likeness (QED) is 0.370. The van der Waals surface area contributed by atoms with Crippen molar-refractivity contribution in [2.75, 3.05) is 0 Å². The highest BCUT2D eigenvalue weighted by Crippen LogP contribution is 2.32. The van der Waals surface area contributed by atoms with E-state index < -0.39 is 0 Å². The van der Waals surface area contributed by atoms with Crippen molar-refractivity contribution in [3.8, 4) is 23.0 Å². The molecule has 3 aromatic heterocycles. The zero-order valence-corrected chi connectivity index (χ0v) is 16.9. The van der Waals surface area contributed by atoms with E-state index in [9.17, 15) is 10.2 Å².